The molecule has 0 aliphatic rings. The van der Waals surface area contributed by atoms with E-state index in [4.69, 9.17) is 17.0 Å². The van der Waals surface area contributed by atoms with Crippen LogP contribution in [0.4, 0.5) is 0 Å². The van der Waals surface area contributed by atoms with Crippen molar-refractivity contribution in [3.05, 3.63) is 39.3 Å². The Balaban J connectivity index is 2.40. The zero-order chi connectivity index (χ0) is 14.3. The predicted octanol–water partition coefficient (Wildman–Crippen LogP) is 3.56. The number of imidazole rings is 1. The van der Waals surface area contributed by atoms with Gasteiger partial charge in [0.25, 0.3) is 0 Å². The second kappa shape index (κ2) is 4.99. The van der Waals surface area contributed by atoms with Crippen molar-refractivity contribution in [3.8, 4) is 11.6 Å². The highest BCUT2D eigenvalue weighted by Crippen LogP contribution is 2.26. The van der Waals surface area contributed by atoms with Crippen LogP contribution in [-0.2, 0) is 0 Å². The summed E-state index contributed by atoms with van der Waals surface area (Å²) in [5.41, 5.74) is 3.46. The van der Waals surface area contributed by atoms with Crippen LogP contribution < -0.4 is 4.74 Å². The number of rotatable bonds is 2. The molecule has 0 radical (unpaired) electrons. The number of aryl methyl sites for hydroxylation is 1. The van der Waals surface area contributed by atoms with Crippen LogP contribution in [-0.4, -0.2) is 26.6 Å². The van der Waals surface area contributed by atoms with Crippen LogP contribution in [0.2, 0.25) is 0 Å². The number of nitrogens with zero attached hydrogens (tertiary/aromatic N) is 3. The molecule has 1 N–H and O–H groups in total. The molecule has 0 saturated carbocycles. The van der Waals surface area contributed by atoms with Crippen LogP contribution >= 0.6 is 28.1 Å². The van der Waals surface area contributed by atoms with Crippen LogP contribution in [0.1, 0.15) is 5.56 Å². The Kier molecular flexibility index (Phi) is 3.31. The average molecular weight is 351 g/mol. The number of fused-ring (bicyclic) bond motifs is 1. The quantitative estimate of drug-likeness (QED) is 0.718. The molecule has 0 amide bonds. The van der Waals surface area contributed by atoms with Crippen LogP contribution in [0.25, 0.3) is 16.9 Å². The number of hydrogen-bond donors (Lipinski definition) is 1. The lowest BCUT2D eigenvalue weighted by molar-refractivity contribution is 0.401. The van der Waals surface area contributed by atoms with Crippen LogP contribution in [0, 0.1) is 11.7 Å². The van der Waals surface area contributed by atoms with Crippen LogP contribution in [0.3, 0.4) is 0 Å². The molecule has 0 saturated heterocycles. The van der Waals surface area contributed by atoms with E-state index in [1.54, 1.807) is 7.11 Å². The SMILES string of the molecule is COc1ncnc2c1[nH]c(=S)n2-c1cc(Br)ccc1C. The van der Waals surface area contributed by atoms with Gasteiger partial charge in [0, 0.05) is 4.47 Å². The van der Waals surface area contributed by atoms with Crippen LogP contribution in [0.5, 0.6) is 5.88 Å². The van der Waals surface area contributed by atoms with Gasteiger partial charge in [-0.25, -0.2) is 4.98 Å². The van der Waals surface area contributed by atoms with Crippen molar-refractivity contribution in [2.45, 2.75) is 6.92 Å². The normalized spacial score (nSPS) is 10.9. The molecule has 2 aromatic heterocycles. The third-order valence-electron chi connectivity index (χ3n) is 3.04. The Morgan fingerprint density at radius 3 is 2.90 bits per heavy atom. The number of aromatic nitrogens is 4. The summed E-state index contributed by atoms with van der Waals surface area (Å²) in [6.07, 6.45) is 1.47. The fraction of sp³-hybridized carbons (Fsp3) is 0.154. The zero-order valence-electron chi connectivity index (χ0n) is 10.8. The molecule has 3 aromatic rings. The molecule has 3 rings (SSSR count). The highest BCUT2D eigenvalue weighted by molar-refractivity contribution is 9.10. The first-order chi connectivity index (χ1) is 9.61. The molecule has 0 unspecified atom stereocenters. The number of nitrogens with one attached hydrogen (secondary N) is 1. The van der Waals surface area contributed by atoms with Gasteiger partial charge in [0.15, 0.2) is 10.4 Å². The van der Waals surface area contributed by atoms with Gasteiger partial charge in [-0.15, -0.1) is 0 Å². The number of hydrogen-bond acceptors (Lipinski definition) is 4. The van der Waals surface area contributed by atoms with E-state index in [2.05, 4.69) is 30.9 Å². The topological polar surface area (TPSA) is 55.7 Å². The maximum absolute atomic E-state index is 5.41. The van der Waals surface area contributed by atoms with Crippen molar-refractivity contribution in [3.63, 3.8) is 0 Å². The Morgan fingerprint density at radius 2 is 2.15 bits per heavy atom. The van der Waals surface area contributed by atoms with E-state index in [0.717, 1.165) is 15.7 Å². The van der Waals surface area contributed by atoms with Crippen molar-refractivity contribution < 1.29 is 4.74 Å². The first kappa shape index (κ1) is 13.3. The van der Waals surface area contributed by atoms with Gasteiger partial charge in [-0.1, -0.05) is 22.0 Å². The molecule has 0 atom stereocenters. The molecule has 0 aliphatic carbocycles. The Morgan fingerprint density at radius 1 is 1.35 bits per heavy atom. The summed E-state index contributed by atoms with van der Waals surface area (Å²) in [6.45, 7) is 2.03. The van der Waals surface area contributed by atoms with Crippen LogP contribution in [0.15, 0.2) is 29.0 Å². The minimum absolute atomic E-state index is 0.479. The van der Waals surface area contributed by atoms with Crippen molar-refractivity contribution in [1.29, 1.82) is 0 Å². The van der Waals surface area contributed by atoms with Crippen molar-refractivity contribution in [2.75, 3.05) is 7.11 Å². The number of methoxy groups -OCH3 is 1. The monoisotopic (exact) mass is 350 g/mol. The van der Waals surface area contributed by atoms with Gasteiger partial charge < -0.3 is 9.72 Å². The summed E-state index contributed by atoms with van der Waals surface area (Å²) in [5.74, 6) is 0.479. The molecule has 5 nitrogen and oxygen atoms in total. The predicted molar refractivity (Wildman–Crippen MR) is 83.0 cm³/mol. The summed E-state index contributed by atoms with van der Waals surface area (Å²) in [4.78, 5) is 11.5. The van der Waals surface area contributed by atoms with Crippen molar-refractivity contribution in [1.82, 2.24) is 19.5 Å². The fourth-order valence-electron chi connectivity index (χ4n) is 2.10. The third-order valence-corrected chi connectivity index (χ3v) is 3.82. The molecular weight excluding hydrogens is 340 g/mol. The maximum Gasteiger partial charge on any atom is 0.242 e. The van der Waals surface area contributed by atoms with E-state index in [1.807, 2.05) is 29.7 Å². The molecule has 0 aliphatic heterocycles. The maximum atomic E-state index is 5.41. The Labute approximate surface area is 128 Å². The standard InChI is InChI=1S/C13H11BrN4OS/c1-7-3-4-8(14)5-9(7)18-11-10(17-13(18)20)12(19-2)16-6-15-11/h3-6H,1-2H3,(H,17,20). The first-order valence-corrected chi connectivity index (χ1v) is 7.08. The summed E-state index contributed by atoms with van der Waals surface area (Å²) < 4.78 is 8.66. The van der Waals surface area contributed by atoms with E-state index < -0.39 is 0 Å². The highest BCUT2D eigenvalue weighted by Gasteiger charge is 2.14. The smallest absolute Gasteiger partial charge is 0.242 e. The van der Waals surface area contributed by atoms with Crippen molar-refractivity contribution >= 4 is 39.3 Å². The zero-order valence-corrected chi connectivity index (χ0v) is 13.2. The average Bonchev–Trinajstić information content (AvgIpc) is 2.77. The van der Waals surface area contributed by atoms with Gasteiger partial charge in [0.05, 0.1) is 12.8 Å². The summed E-state index contributed by atoms with van der Waals surface area (Å²) in [5, 5.41) is 0. The van der Waals surface area contributed by atoms with E-state index in [0.29, 0.717) is 21.8 Å². The lowest BCUT2D eigenvalue weighted by Gasteiger charge is -2.08. The molecule has 0 fully saturated rings. The second-order valence-electron chi connectivity index (χ2n) is 4.28. The molecular formula is C13H11BrN4OS. The number of halogens is 1. The van der Waals surface area contributed by atoms with Gasteiger partial charge in [0.2, 0.25) is 5.88 Å². The van der Waals surface area contributed by atoms with Gasteiger partial charge >= 0.3 is 0 Å². The molecule has 7 heteroatoms. The molecule has 102 valence electrons. The number of benzene rings is 1. The summed E-state index contributed by atoms with van der Waals surface area (Å²) in [7, 11) is 1.57. The summed E-state index contributed by atoms with van der Waals surface area (Å²) in [6, 6.07) is 6.03. The van der Waals surface area contributed by atoms with Crippen molar-refractivity contribution in [2.24, 2.45) is 0 Å². The third kappa shape index (κ3) is 2.03. The van der Waals surface area contributed by atoms with Gasteiger partial charge in [-0.05, 0) is 36.8 Å². The number of H-pyrrole nitrogens is 1. The van der Waals surface area contributed by atoms with E-state index >= 15 is 0 Å². The van der Waals surface area contributed by atoms with Gasteiger partial charge in [0.1, 0.15) is 11.8 Å². The van der Waals surface area contributed by atoms with Gasteiger partial charge in [-0.2, -0.15) is 4.98 Å². The highest BCUT2D eigenvalue weighted by atomic mass is 79.9. The molecule has 0 spiro atoms. The minimum atomic E-state index is 0.479. The Hall–Kier alpha value is -1.73. The largest absolute Gasteiger partial charge is 0.479 e. The van der Waals surface area contributed by atoms with E-state index in [-0.39, 0.29) is 0 Å². The van der Waals surface area contributed by atoms with E-state index in [9.17, 15) is 0 Å². The molecule has 2 heterocycles. The molecule has 0 bridgehead atoms. The number of aromatic amines is 1. The van der Waals surface area contributed by atoms with E-state index in [1.165, 1.54) is 6.33 Å². The molecule has 20 heavy (non-hydrogen) atoms. The number of ether oxygens (including phenoxy) is 1. The first-order valence-electron chi connectivity index (χ1n) is 5.88. The fourth-order valence-corrected chi connectivity index (χ4v) is 2.74. The lowest BCUT2D eigenvalue weighted by atomic mass is 10.2. The van der Waals surface area contributed by atoms with Gasteiger partial charge in [-0.3, -0.25) is 4.57 Å². The lowest BCUT2D eigenvalue weighted by Crippen LogP contribution is -1.99. The molecule has 1 aromatic carbocycles. The summed E-state index contributed by atoms with van der Waals surface area (Å²) >= 11 is 8.90. The second-order valence-corrected chi connectivity index (χ2v) is 5.58. The Bertz CT molecular complexity index is 855. The minimum Gasteiger partial charge on any atom is -0.479 e.